The van der Waals surface area contributed by atoms with E-state index in [1.165, 1.54) is 0 Å². The summed E-state index contributed by atoms with van der Waals surface area (Å²) in [6.45, 7) is 9.24. The lowest BCUT2D eigenvalue weighted by atomic mass is 9.94. The number of benzene rings is 1. The van der Waals surface area contributed by atoms with Crippen LogP contribution in [0.4, 0.5) is 11.4 Å². The predicted octanol–water partition coefficient (Wildman–Crippen LogP) is 2.48. The molecule has 2 aromatic rings. The molecule has 0 aliphatic carbocycles. The molecule has 0 saturated carbocycles. The predicted molar refractivity (Wildman–Crippen MR) is 154 cm³/mol. The van der Waals surface area contributed by atoms with Crippen LogP contribution in [-0.4, -0.2) is 65.4 Å². The van der Waals surface area contributed by atoms with Gasteiger partial charge in [0.15, 0.2) is 0 Å². The molecule has 0 fully saturated rings. The number of rotatable bonds is 12. The number of nitrogens with two attached hydrogens (primary N) is 1. The van der Waals surface area contributed by atoms with Crippen molar-refractivity contribution in [2.75, 3.05) is 34.9 Å². The van der Waals surface area contributed by atoms with Crippen LogP contribution in [0.2, 0.25) is 0 Å². The van der Waals surface area contributed by atoms with Crippen molar-refractivity contribution in [3.05, 3.63) is 53.9 Å². The molecule has 10 heteroatoms. The van der Waals surface area contributed by atoms with Crippen LogP contribution in [0.5, 0.6) is 0 Å². The first kappa shape index (κ1) is 29.4. The Hall–Kier alpha value is -3.11. The average Bonchev–Trinajstić information content (AvgIpc) is 2.89. The van der Waals surface area contributed by atoms with Crippen molar-refractivity contribution in [3.63, 3.8) is 0 Å². The lowest BCUT2D eigenvalue weighted by Crippen LogP contribution is -2.59. The molecule has 0 saturated heterocycles. The monoisotopic (exact) mass is 540 g/mol. The van der Waals surface area contributed by atoms with Crippen LogP contribution in [0.25, 0.3) is 0 Å². The van der Waals surface area contributed by atoms with Gasteiger partial charge in [-0.1, -0.05) is 18.2 Å². The summed E-state index contributed by atoms with van der Waals surface area (Å²) in [5, 5.41) is 5.71. The summed E-state index contributed by atoms with van der Waals surface area (Å²) < 4.78 is 0. The fourth-order valence-corrected chi connectivity index (χ4v) is 4.99. The molecule has 1 aromatic carbocycles. The minimum absolute atomic E-state index is 0.204. The first-order valence-electron chi connectivity index (χ1n) is 13.1. The molecule has 38 heavy (non-hydrogen) atoms. The number of aromatic nitrogens is 1. The number of pyridine rings is 1. The second-order valence-electron chi connectivity index (χ2n) is 10.00. The van der Waals surface area contributed by atoms with Crippen LogP contribution < -0.4 is 26.2 Å². The number of anilines is 2. The fourth-order valence-electron chi connectivity index (χ4n) is 4.52. The first-order valence-corrected chi connectivity index (χ1v) is 14.5. The van der Waals surface area contributed by atoms with E-state index in [0.29, 0.717) is 18.6 Å². The molecule has 9 nitrogen and oxygen atoms in total. The largest absolute Gasteiger partial charge is 0.370 e. The number of carbonyl (C=O) groups excluding carboxylic acids is 3. The Bertz CT molecular complexity index is 1120. The van der Waals surface area contributed by atoms with Gasteiger partial charge in [-0.15, -0.1) is 0 Å². The second-order valence-corrected chi connectivity index (χ2v) is 11.0. The number of hydrogen-bond donors (Lipinski definition) is 3. The van der Waals surface area contributed by atoms with E-state index in [0.717, 1.165) is 35.7 Å². The number of amides is 3. The molecule has 0 spiro atoms. The van der Waals surface area contributed by atoms with E-state index in [-0.39, 0.29) is 12.5 Å². The van der Waals surface area contributed by atoms with Gasteiger partial charge >= 0.3 is 0 Å². The van der Waals surface area contributed by atoms with Crippen LogP contribution in [0.3, 0.4) is 0 Å². The van der Waals surface area contributed by atoms with E-state index in [1.54, 1.807) is 36.7 Å². The van der Waals surface area contributed by atoms with Crippen molar-refractivity contribution in [2.45, 2.75) is 64.7 Å². The highest BCUT2D eigenvalue weighted by Crippen LogP contribution is 2.38. The Labute approximate surface area is 229 Å². The minimum atomic E-state index is -1.13. The molecule has 1 unspecified atom stereocenters. The summed E-state index contributed by atoms with van der Waals surface area (Å²) in [4.78, 5) is 48.3. The highest BCUT2D eigenvalue weighted by molar-refractivity contribution is 7.98. The molecule has 1 aliphatic heterocycles. The first-order chi connectivity index (χ1) is 18.1. The number of para-hydroxylation sites is 1. The third kappa shape index (κ3) is 7.05. The number of fused-ring (bicyclic) bond motifs is 1. The molecule has 1 aliphatic rings. The van der Waals surface area contributed by atoms with Gasteiger partial charge in [0.1, 0.15) is 12.1 Å². The smallest absolute Gasteiger partial charge is 0.250 e. The average molecular weight is 541 g/mol. The van der Waals surface area contributed by atoms with Crippen molar-refractivity contribution in [2.24, 2.45) is 5.73 Å². The second kappa shape index (κ2) is 13.1. The van der Waals surface area contributed by atoms with Crippen LogP contribution in [0, 0.1) is 0 Å². The number of nitrogens with one attached hydrogen (secondary N) is 2. The molecular formula is C28H40N6O3S. The Morgan fingerprint density at radius 1 is 1.21 bits per heavy atom. The van der Waals surface area contributed by atoms with Crippen molar-refractivity contribution in [1.29, 1.82) is 0 Å². The maximum Gasteiger partial charge on any atom is 0.250 e. The normalized spacial score (nSPS) is 16.0. The zero-order valence-corrected chi connectivity index (χ0v) is 23.8. The lowest BCUT2D eigenvalue weighted by molar-refractivity contribution is -0.133. The highest BCUT2D eigenvalue weighted by atomic mass is 32.2. The Morgan fingerprint density at radius 3 is 2.55 bits per heavy atom. The molecule has 2 atom stereocenters. The van der Waals surface area contributed by atoms with E-state index >= 15 is 0 Å². The van der Waals surface area contributed by atoms with Gasteiger partial charge in [0.05, 0.1) is 29.2 Å². The van der Waals surface area contributed by atoms with Crippen molar-refractivity contribution in [3.8, 4) is 0 Å². The molecule has 3 rings (SSSR count). The molecule has 206 valence electrons. The molecule has 4 N–H and O–H groups in total. The minimum Gasteiger partial charge on any atom is -0.370 e. The van der Waals surface area contributed by atoms with Gasteiger partial charge in [-0.3, -0.25) is 19.4 Å². The summed E-state index contributed by atoms with van der Waals surface area (Å²) >= 11 is 1.58. The van der Waals surface area contributed by atoms with Gasteiger partial charge in [-0.05, 0) is 69.9 Å². The maximum atomic E-state index is 14.0. The lowest BCUT2D eigenvalue weighted by Gasteiger charge is -2.38. The van der Waals surface area contributed by atoms with E-state index in [4.69, 9.17) is 5.73 Å². The van der Waals surface area contributed by atoms with E-state index in [2.05, 4.69) is 34.4 Å². The summed E-state index contributed by atoms with van der Waals surface area (Å²) in [5.41, 5.74) is 8.39. The van der Waals surface area contributed by atoms with E-state index in [1.807, 2.05) is 42.7 Å². The molecule has 0 radical (unpaired) electrons. The van der Waals surface area contributed by atoms with Crippen LogP contribution >= 0.6 is 11.8 Å². The fraction of sp³-hybridized carbons (Fsp3) is 0.500. The quantitative estimate of drug-likeness (QED) is 0.378. The van der Waals surface area contributed by atoms with Crippen molar-refractivity contribution < 1.29 is 14.4 Å². The Morgan fingerprint density at radius 2 is 1.95 bits per heavy atom. The van der Waals surface area contributed by atoms with Gasteiger partial charge < -0.3 is 26.2 Å². The number of nitrogens with zero attached hydrogens (tertiary/aromatic N) is 3. The van der Waals surface area contributed by atoms with Crippen LogP contribution in [0.15, 0.2) is 42.6 Å². The standard InChI is InChI=1S/C28H40N6O3S/c1-6-33(7-2)23-13-10-11-19-17-22(26(36)34(24(19)23)18-20-12-8-9-15-30-20)31-25(35)21(14-16-38-5)32-27(37)28(3,4)29/h8-13,15,21-22H,6-7,14,16-18,29H2,1-5H3,(H,31,35)(H,32,37)/t21-,22?/m1/s1. The van der Waals surface area contributed by atoms with E-state index in [9.17, 15) is 14.4 Å². The zero-order chi connectivity index (χ0) is 27.9. The molecule has 3 amide bonds. The van der Waals surface area contributed by atoms with Gasteiger partial charge in [-0.25, -0.2) is 0 Å². The number of thioether (sulfide) groups is 1. The van der Waals surface area contributed by atoms with Gasteiger partial charge in [-0.2, -0.15) is 11.8 Å². The van der Waals surface area contributed by atoms with Gasteiger partial charge in [0.2, 0.25) is 17.7 Å². The summed E-state index contributed by atoms with van der Waals surface area (Å²) in [6.07, 6.45) is 4.43. The molecule has 2 heterocycles. The van der Waals surface area contributed by atoms with E-state index < -0.39 is 29.4 Å². The maximum absolute atomic E-state index is 14.0. The van der Waals surface area contributed by atoms with Crippen LogP contribution in [0.1, 0.15) is 45.4 Å². The summed E-state index contributed by atoms with van der Waals surface area (Å²) in [5.74, 6) is -0.342. The third-order valence-electron chi connectivity index (χ3n) is 6.64. The molecular weight excluding hydrogens is 500 g/mol. The SMILES string of the molecule is CCN(CC)c1cccc2c1N(Cc1ccccn1)C(=O)C(NC(=O)[C@@H](CCSC)NC(=O)C(C)(C)N)C2. The molecule has 0 bridgehead atoms. The molecule has 1 aromatic heterocycles. The van der Waals surface area contributed by atoms with Crippen LogP contribution in [-0.2, 0) is 27.3 Å². The summed E-state index contributed by atoms with van der Waals surface area (Å²) in [7, 11) is 0. The van der Waals surface area contributed by atoms with Crippen molar-refractivity contribution in [1.82, 2.24) is 15.6 Å². The number of hydrogen-bond acceptors (Lipinski definition) is 7. The highest BCUT2D eigenvalue weighted by Gasteiger charge is 2.38. The number of carbonyl (C=O) groups is 3. The third-order valence-corrected chi connectivity index (χ3v) is 7.28. The van der Waals surface area contributed by atoms with Crippen molar-refractivity contribution >= 4 is 40.9 Å². The Balaban J connectivity index is 1.94. The summed E-state index contributed by atoms with van der Waals surface area (Å²) in [6, 6.07) is 10.1. The van der Waals surface area contributed by atoms with Gasteiger partial charge in [0, 0.05) is 25.7 Å². The topological polar surface area (TPSA) is 121 Å². The Kier molecular flexibility index (Phi) is 10.2. The van der Waals surface area contributed by atoms with Gasteiger partial charge in [0.25, 0.3) is 0 Å². The zero-order valence-electron chi connectivity index (χ0n) is 23.0.